The van der Waals surface area contributed by atoms with Crippen LogP contribution in [0.3, 0.4) is 0 Å². The third kappa shape index (κ3) is 1.28. The molecular formula is C11H6BrF3O. The fourth-order valence-electron chi connectivity index (χ4n) is 2.22. The quantitative estimate of drug-likeness (QED) is 0.699. The van der Waals surface area contributed by atoms with Crippen molar-refractivity contribution < 1.29 is 17.9 Å². The van der Waals surface area contributed by atoms with Crippen molar-refractivity contribution in [3.05, 3.63) is 45.4 Å². The summed E-state index contributed by atoms with van der Waals surface area (Å²) >= 11 is 3.23. The number of alkyl halides is 3. The molecule has 1 nitrogen and oxygen atoms in total. The molecule has 16 heavy (non-hydrogen) atoms. The van der Waals surface area contributed by atoms with Crippen LogP contribution in [0.2, 0.25) is 0 Å². The van der Waals surface area contributed by atoms with Crippen molar-refractivity contribution >= 4 is 15.9 Å². The van der Waals surface area contributed by atoms with Crippen LogP contribution in [-0.4, -0.2) is 0 Å². The minimum Gasteiger partial charge on any atom is -0.356 e. The van der Waals surface area contributed by atoms with Crippen molar-refractivity contribution in [3.8, 4) is 0 Å². The largest absolute Gasteiger partial charge is 0.416 e. The topological polar surface area (TPSA) is 9.23 Å². The molecule has 0 radical (unpaired) electrons. The zero-order valence-corrected chi connectivity index (χ0v) is 9.47. The zero-order chi connectivity index (χ0) is 11.5. The summed E-state index contributed by atoms with van der Waals surface area (Å²) in [6, 6.07) is 4.21. The number of hydrogen-bond acceptors (Lipinski definition) is 1. The van der Waals surface area contributed by atoms with Crippen LogP contribution < -0.4 is 0 Å². The van der Waals surface area contributed by atoms with Gasteiger partial charge in [-0.05, 0) is 17.7 Å². The van der Waals surface area contributed by atoms with E-state index < -0.39 is 17.8 Å². The minimum atomic E-state index is -4.33. The van der Waals surface area contributed by atoms with Gasteiger partial charge in [0.2, 0.25) is 0 Å². The van der Waals surface area contributed by atoms with Gasteiger partial charge in [-0.1, -0.05) is 28.1 Å². The van der Waals surface area contributed by atoms with Crippen LogP contribution in [0.5, 0.6) is 0 Å². The Balaban J connectivity index is 2.22. The van der Waals surface area contributed by atoms with Gasteiger partial charge in [0.25, 0.3) is 0 Å². The van der Waals surface area contributed by atoms with Crippen LogP contribution in [0.25, 0.3) is 0 Å². The first-order chi connectivity index (χ1) is 7.48. The molecule has 0 amide bonds. The van der Waals surface area contributed by atoms with E-state index in [2.05, 4.69) is 15.9 Å². The van der Waals surface area contributed by atoms with E-state index in [0.717, 1.165) is 6.07 Å². The summed E-state index contributed by atoms with van der Waals surface area (Å²) in [5.41, 5.74) is 0.292. The summed E-state index contributed by atoms with van der Waals surface area (Å²) in [5, 5.41) is 0. The van der Waals surface area contributed by atoms with Crippen molar-refractivity contribution in [1.82, 2.24) is 0 Å². The Hall–Kier alpha value is -0.810. The second-order valence-electron chi connectivity index (χ2n) is 3.79. The van der Waals surface area contributed by atoms with Gasteiger partial charge in [-0.3, -0.25) is 0 Å². The molecule has 0 aromatic heterocycles. The molecule has 2 unspecified atom stereocenters. The van der Waals surface area contributed by atoms with Gasteiger partial charge < -0.3 is 4.74 Å². The third-order valence-electron chi connectivity index (χ3n) is 2.86. The number of ether oxygens (including phenoxy) is 1. The van der Waals surface area contributed by atoms with E-state index in [9.17, 15) is 13.2 Å². The Bertz CT molecular complexity index is 492. The molecule has 5 heteroatoms. The molecule has 2 bridgehead atoms. The first-order valence-corrected chi connectivity index (χ1v) is 5.50. The monoisotopic (exact) mass is 290 g/mol. The summed E-state index contributed by atoms with van der Waals surface area (Å²) < 4.78 is 44.5. The van der Waals surface area contributed by atoms with Crippen molar-refractivity contribution in [2.45, 2.75) is 18.4 Å². The van der Waals surface area contributed by atoms with Crippen LogP contribution in [0.4, 0.5) is 13.2 Å². The minimum absolute atomic E-state index is 0.259. The number of fused-ring (bicyclic) bond motifs is 5. The normalized spacial score (nSPS) is 26.9. The number of halogens is 4. The fourth-order valence-corrected chi connectivity index (χ4v) is 2.80. The maximum Gasteiger partial charge on any atom is 0.416 e. The second-order valence-corrected chi connectivity index (χ2v) is 4.71. The Labute approximate surface area is 98.0 Å². The van der Waals surface area contributed by atoms with Crippen LogP contribution >= 0.6 is 15.9 Å². The molecule has 2 atom stereocenters. The maximum absolute atomic E-state index is 12.8. The lowest BCUT2D eigenvalue weighted by atomic mass is 9.92. The van der Waals surface area contributed by atoms with E-state index in [1.54, 1.807) is 12.1 Å². The summed E-state index contributed by atoms with van der Waals surface area (Å²) in [4.78, 5) is 0. The zero-order valence-electron chi connectivity index (χ0n) is 7.88. The molecule has 2 heterocycles. The number of hydrogen-bond donors (Lipinski definition) is 0. The SMILES string of the molecule is FC(F)(F)c1cccc2c1C1OC2C=C1Br. The van der Waals surface area contributed by atoms with Gasteiger partial charge in [0.1, 0.15) is 12.2 Å². The highest BCUT2D eigenvalue weighted by Crippen LogP contribution is 2.54. The summed E-state index contributed by atoms with van der Waals surface area (Å²) in [7, 11) is 0. The standard InChI is InChI=1S/C11H6BrF3O/c12-7-4-8-5-2-1-3-6(11(13,14)15)9(5)10(7)16-8/h1-4,8,10H. The van der Waals surface area contributed by atoms with Gasteiger partial charge >= 0.3 is 6.18 Å². The van der Waals surface area contributed by atoms with E-state index in [1.807, 2.05) is 0 Å². The Morgan fingerprint density at radius 2 is 2.00 bits per heavy atom. The first kappa shape index (κ1) is 10.4. The smallest absolute Gasteiger partial charge is 0.356 e. The lowest BCUT2D eigenvalue weighted by Crippen LogP contribution is -2.12. The van der Waals surface area contributed by atoms with Crippen LogP contribution in [0.1, 0.15) is 28.9 Å². The average Bonchev–Trinajstić information content (AvgIpc) is 2.73. The van der Waals surface area contributed by atoms with Crippen molar-refractivity contribution in [1.29, 1.82) is 0 Å². The molecule has 0 aliphatic carbocycles. The van der Waals surface area contributed by atoms with Crippen molar-refractivity contribution in [3.63, 3.8) is 0 Å². The lowest BCUT2D eigenvalue weighted by Gasteiger charge is -2.16. The number of rotatable bonds is 0. The Morgan fingerprint density at radius 1 is 1.25 bits per heavy atom. The first-order valence-electron chi connectivity index (χ1n) is 4.71. The summed E-state index contributed by atoms with van der Waals surface area (Å²) in [6.45, 7) is 0. The molecule has 2 aliphatic rings. The Morgan fingerprint density at radius 3 is 2.69 bits per heavy atom. The van der Waals surface area contributed by atoms with Crippen molar-refractivity contribution in [2.75, 3.05) is 0 Å². The van der Waals surface area contributed by atoms with Gasteiger partial charge in [-0.15, -0.1) is 0 Å². The van der Waals surface area contributed by atoms with Gasteiger partial charge in [-0.2, -0.15) is 13.2 Å². The highest BCUT2D eigenvalue weighted by Gasteiger charge is 2.45. The third-order valence-corrected chi connectivity index (χ3v) is 3.54. The predicted octanol–water partition coefficient (Wildman–Crippen LogP) is 4.11. The molecule has 0 fully saturated rings. The predicted molar refractivity (Wildman–Crippen MR) is 55.0 cm³/mol. The lowest BCUT2D eigenvalue weighted by molar-refractivity contribution is -0.138. The molecule has 0 saturated carbocycles. The molecule has 3 rings (SSSR count). The Kier molecular flexibility index (Phi) is 2.01. The van der Waals surface area contributed by atoms with E-state index in [1.165, 1.54) is 6.07 Å². The van der Waals surface area contributed by atoms with E-state index in [4.69, 9.17) is 4.74 Å². The second kappa shape index (κ2) is 3.11. The van der Waals surface area contributed by atoms with E-state index in [-0.39, 0.29) is 11.7 Å². The number of benzene rings is 1. The molecule has 0 N–H and O–H groups in total. The van der Waals surface area contributed by atoms with Crippen LogP contribution in [0.15, 0.2) is 28.8 Å². The van der Waals surface area contributed by atoms with Gasteiger partial charge in [0.15, 0.2) is 0 Å². The highest BCUT2D eigenvalue weighted by molar-refractivity contribution is 9.11. The van der Waals surface area contributed by atoms with Gasteiger partial charge in [-0.25, -0.2) is 0 Å². The molecular weight excluding hydrogens is 285 g/mol. The molecule has 0 saturated heterocycles. The molecule has 84 valence electrons. The fraction of sp³-hybridized carbons (Fsp3) is 0.273. The van der Waals surface area contributed by atoms with Crippen LogP contribution in [0, 0.1) is 0 Å². The summed E-state index contributed by atoms with van der Waals surface area (Å²) in [5.74, 6) is 0. The molecule has 1 aromatic rings. The highest BCUT2D eigenvalue weighted by atomic mass is 79.9. The summed E-state index contributed by atoms with van der Waals surface area (Å²) in [6.07, 6.45) is -3.45. The molecule has 1 aromatic carbocycles. The molecule has 2 aliphatic heterocycles. The van der Waals surface area contributed by atoms with Crippen LogP contribution in [-0.2, 0) is 10.9 Å². The maximum atomic E-state index is 12.8. The molecule has 0 spiro atoms. The van der Waals surface area contributed by atoms with E-state index in [0.29, 0.717) is 10.0 Å². The van der Waals surface area contributed by atoms with Gasteiger partial charge in [0, 0.05) is 10.0 Å². The van der Waals surface area contributed by atoms with Crippen molar-refractivity contribution in [2.24, 2.45) is 0 Å². The van der Waals surface area contributed by atoms with E-state index >= 15 is 0 Å². The average molecular weight is 291 g/mol. The van der Waals surface area contributed by atoms with Gasteiger partial charge in [0.05, 0.1) is 5.56 Å².